The Bertz CT molecular complexity index is 1300. The van der Waals surface area contributed by atoms with Crippen molar-refractivity contribution >= 4 is 34.4 Å². The van der Waals surface area contributed by atoms with Gasteiger partial charge in [0.15, 0.2) is 0 Å². The second kappa shape index (κ2) is 9.07. The molecule has 1 aromatic heterocycles. The van der Waals surface area contributed by atoms with Gasteiger partial charge in [-0.05, 0) is 66.6 Å². The molecule has 3 aromatic carbocycles. The molecule has 0 spiro atoms. The summed E-state index contributed by atoms with van der Waals surface area (Å²) in [5.41, 5.74) is 8.83. The van der Waals surface area contributed by atoms with E-state index in [9.17, 15) is 9.59 Å². The quantitative estimate of drug-likeness (QED) is 0.454. The number of aromatic nitrogens is 3. The summed E-state index contributed by atoms with van der Waals surface area (Å²) in [5, 5.41) is 8.58. The van der Waals surface area contributed by atoms with Gasteiger partial charge < -0.3 is 4.74 Å². The molecule has 0 atom stereocenters. The third kappa shape index (κ3) is 4.70. The van der Waals surface area contributed by atoms with Gasteiger partial charge in [0.2, 0.25) is 0 Å². The van der Waals surface area contributed by atoms with E-state index in [0.717, 1.165) is 22.4 Å². The van der Waals surface area contributed by atoms with Gasteiger partial charge in [-0.25, -0.2) is 4.68 Å². The predicted molar refractivity (Wildman–Crippen MR) is 120 cm³/mol. The lowest BCUT2D eigenvalue weighted by Crippen LogP contribution is -2.41. The monoisotopic (exact) mass is 449 g/mol. The number of aryl methyl sites for hydroxylation is 2. The molecule has 0 saturated carbocycles. The summed E-state index contributed by atoms with van der Waals surface area (Å²) < 4.78 is 7.38. The average molecular weight is 450 g/mol. The molecule has 0 saturated heterocycles. The number of benzene rings is 3. The van der Waals surface area contributed by atoms with Gasteiger partial charge in [-0.3, -0.25) is 20.4 Å². The van der Waals surface area contributed by atoms with Crippen LogP contribution in [0.15, 0.2) is 60.7 Å². The van der Waals surface area contributed by atoms with Crippen molar-refractivity contribution < 1.29 is 14.3 Å². The summed E-state index contributed by atoms with van der Waals surface area (Å²) >= 11 is 6.02. The first kappa shape index (κ1) is 21.3. The number of hydrazine groups is 1. The van der Waals surface area contributed by atoms with Crippen LogP contribution in [0.4, 0.5) is 0 Å². The highest BCUT2D eigenvalue weighted by Gasteiger charge is 2.11. The molecule has 1 heterocycles. The zero-order chi connectivity index (χ0) is 22.7. The molecule has 0 fully saturated rings. The van der Waals surface area contributed by atoms with E-state index >= 15 is 0 Å². The first-order chi connectivity index (χ1) is 15.4. The highest BCUT2D eigenvalue weighted by Crippen LogP contribution is 2.22. The van der Waals surface area contributed by atoms with Crippen molar-refractivity contribution in [3.63, 3.8) is 0 Å². The van der Waals surface area contributed by atoms with Crippen LogP contribution in [0.5, 0.6) is 5.75 Å². The first-order valence-electron chi connectivity index (χ1n) is 9.79. The highest BCUT2D eigenvalue weighted by molar-refractivity contribution is 6.31. The Morgan fingerprint density at radius 2 is 1.66 bits per heavy atom. The smallest absolute Gasteiger partial charge is 0.269 e. The van der Waals surface area contributed by atoms with Crippen LogP contribution < -0.4 is 15.6 Å². The van der Waals surface area contributed by atoms with E-state index in [1.807, 2.05) is 19.1 Å². The Morgan fingerprint density at radius 1 is 0.969 bits per heavy atom. The fraction of sp³-hybridized carbons (Fsp3) is 0.130. The molecule has 0 aliphatic carbocycles. The van der Waals surface area contributed by atoms with Crippen LogP contribution in [0.1, 0.15) is 31.8 Å². The predicted octanol–water partition coefficient (Wildman–Crippen LogP) is 3.58. The number of hydrogen-bond donors (Lipinski definition) is 2. The van der Waals surface area contributed by atoms with Crippen molar-refractivity contribution in [1.29, 1.82) is 0 Å². The molecule has 162 valence electrons. The number of nitrogens with zero attached hydrogens (tertiary/aromatic N) is 3. The van der Waals surface area contributed by atoms with Gasteiger partial charge in [-0.2, -0.15) is 0 Å². The minimum Gasteiger partial charge on any atom is -0.489 e. The lowest BCUT2D eigenvalue weighted by molar-refractivity contribution is 0.0846. The van der Waals surface area contributed by atoms with Crippen LogP contribution in [-0.4, -0.2) is 26.8 Å². The standard InChI is InChI=1S/C23H20ClN5O3/c1-14-11-18(8-9-19(14)24)32-13-15-3-5-16(6-4-15)22(30)26-27-23(31)17-7-10-21-20(12-17)25-28-29(21)2/h3-12H,13H2,1-2H3,(H,26,30)(H,27,31). The molecular weight excluding hydrogens is 430 g/mol. The summed E-state index contributed by atoms with van der Waals surface area (Å²) in [5.74, 6) is -0.162. The summed E-state index contributed by atoms with van der Waals surface area (Å²) in [4.78, 5) is 24.7. The van der Waals surface area contributed by atoms with E-state index in [1.165, 1.54) is 0 Å². The molecule has 0 radical (unpaired) electrons. The molecule has 0 aliphatic rings. The van der Waals surface area contributed by atoms with Crippen molar-refractivity contribution in [2.45, 2.75) is 13.5 Å². The third-order valence-electron chi connectivity index (χ3n) is 4.91. The molecule has 9 heteroatoms. The number of ether oxygens (including phenoxy) is 1. The number of carbonyl (C=O) groups is 2. The van der Waals surface area contributed by atoms with Crippen LogP contribution in [0.2, 0.25) is 5.02 Å². The van der Waals surface area contributed by atoms with Crippen LogP contribution in [0, 0.1) is 6.92 Å². The summed E-state index contributed by atoms with van der Waals surface area (Å²) in [7, 11) is 1.77. The fourth-order valence-corrected chi connectivity index (χ4v) is 3.18. The SMILES string of the molecule is Cc1cc(OCc2ccc(C(=O)NNC(=O)c3ccc4c(c3)nnn4C)cc2)ccc1Cl. The largest absolute Gasteiger partial charge is 0.489 e. The van der Waals surface area contributed by atoms with Gasteiger partial charge in [0.25, 0.3) is 11.8 Å². The lowest BCUT2D eigenvalue weighted by Gasteiger charge is -2.10. The molecule has 0 aliphatic heterocycles. The van der Waals surface area contributed by atoms with Gasteiger partial charge in [0.1, 0.15) is 17.9 Å². The van der Waals surface area contributed by atoms with Crippen LogP contribution in [0.25, 0.3) is 11.0 Å². The normalized spacial score (nSPS) is 10.7. The molecule has 32 heavy (non-hydrogen) atoms. The average Bonchev–Trinajstić information content (AvgIpc) is 3.18. The molecule has 2 amide bonds. The maximum Gasteiger partial charge on any atom is 0.269 e. The summed E-state index contributed by atoms with van der Waals surface area (Å²) in [6, 6.07) is 17.4. The number of halogens is 1. The van der Waals surface area contributed by atoms with Gasteiger partial charge >= 0.3 is 0 Å². The van der Waals surface area contributed by atoms with Crippen LogP contribution in [0.3, 0.4) is 0 Å². The zero-order valence-electron chi connectivity index (χ0n) is 17.4. The second-order valence-corrected chi connectivity index (χ2v) is 7.63. The van der Waals surface area contributed by atoms with E-state index in [2.05, 4.69) is 21.2 Å². The van der Waals surface area contributed by atoms with E-state index < -0.39 is 11.8 Å². The summed E-state index contributed by atoms with van der Waals surface area (Å²) in [6.45, 7) is 2.26. The Hall–Kier alpha value is -3.91. The molecule has 4 aromatic rings. The van der Waals surface area contributed by atoms with Gasteiger partial charge in [0.05, 0.1) is 5.52 Å². The maximum absolute atomic E-state index is 12.4. The molecule has 4 rings (SSSR count). The Labute approximate surface area is 189 Å². The highest BCUT2D eigenvalue weighted by atomic mass is 35.5. The topological polar surface area (TPSA) is 98.1 Å². The van der Waals surface area contributed by atoms with Crippen molar-refractivity contribution in [1.82, 2.24) is 25.8 Å². The van der Waals surface area contributed by atoms with Crippen molar-refractivity contribution in [2.24, 2.45) is 7.05 Å². The van der Waals surface area contributed by atoms with Crippen LogP contribution in [-0.2, 0) is 13.7 Å². The molecule has 0 bridgehead atoms. The molecular formula is C23H20ClN5O3. The minimum absolute atomic E-state index is 0.352. The Kier molecular flexibility index (Phi) is 6.04. The third-order valence-corrected chi connectivity index (χ3v) is 5.34. The van der Waals surface area contributed by atoms with E-state index in [0.29, 0.717) is 28.3 Å². The van der Waals surface area contributed by atoms with Gasteiger partial charge in [0, 0.05) is 23.2 Å². The fourth-order valence-electron chi connectivity index (χ4n) is 3.07. The lowest BCUT2D eigenvalue weighted by atomic mass is 10.1. The Morgan fingerprint density at radius 3 is 2.38 bits per heavy atom. The van der Waals surface area contributed by atoms with Crippen molar-refractivity contribution in [2.75, 3.05) is 0 Å². The first-order valence-corrected chi connectivity index (χ1v) is 10.2. The number of nitrogens with one attached hydrogen (secondary N) is 2. The number of hydrogen-bond acceptors (Lipinski definition) is 5. The minimum atomic E-state index is -0.450. The number of rotatable bonds is 5. The molecule has 2 N–H and O–H groups in total. The maximum atomic E-state index is 12.4. The van der Waals surface area contributed by atoms with E-state index in [1.54, 1.807) is 60.3 Å². The van der Waals surface area contributed by atoms with Gasteiger partial charge in [-0.15, -0.1) is 5.10 Å². The zero-order valence-corrected chi connectivity index (χ0v) is 18.2. The van der Waals surface area contributed by atoms with E-state index in [-0.39, 0.29) is 0 Å². The van der Waals surface area contributed by atoms with E-state index in [4.69, 9.17) is 16.3 Å². The number of amides is 2. The molecule has 0 unspecified atom stereocenters. The summed E-state index contributed by atoms with van der Waals surface area (Å²) in [6.07, 6.45) is 0. The number of carbonyl (C=O) groups excluding carboxylic acids is 2. The second-order valence-electron chi connectivity index (χ2n) is 7.22. The molecule has 8 nitrogen and oxygen atoms in total. The van der Waals surface area contributed by atoms with Crippen molar-refractivity contribution in [3.05, 3.63) is 87.9 Å². The van der Waals surface area contributed by atoms with Crippen LogP contribution >= 0.6 is 11.6 Å². The van der Waals surface area contributed by atoms with Gasteiger partial charge in [-0.1, -0.05) is 28.9 Å². The van der Waals surface area contributed by atoms with Crippen molar-refractivity contribution in [3.8, 4) is 5.75 Å². The number of fused-ring (bicyclic) bond motifs is 1. The Balaban J connectivity index is 1.31.